The normalized spacial score (nSPS) is 26.0. The van der Waals surface area contributed by atoms with Gasteiger partial charge in [0.05, 0.1) is 11.5 Å². The third-order valence-corrected chi connectivity index (χ3v) is 5.55. The lowest BCUT2D eigenvalue weighted by Gasteiger charge is -2.29. The molecule has 2 unspecified atom stereocenters. The van der Waals surface area contributed by atoms with Crippen LogP contribution >= 0.6 is 0 Å². The highest BCUT2D eigenvalue weighted by atomic mass is 32.2. The maximum absolute atomic E-state index is 12.2. The summed E-state index contributed by atoms with van der Waals surface area (Å²) in [6, 6.07) is 6.27. The molecule has 0 saturated carbocycles. The lowest BCUT2D eigenvalue weighted by atomic mass is 9.98. The van der Waals surface area contributed by atoms with E-state index < -0.39 is 22.0 Å². The van der Waals surface area contributed by atoms with Gasteiger partial charge in [0.2, 0.25) is 0 Å². The molecule has 2 rings (SSSR count). The Balaban J connectivity index is 2.08. The number of sulfone groups is 1. The van der Waals surface area contributed by atoms with Crippen LogP contribution in [0.15, 0.2) is 24.3 Å². The Labute approximate surface area is 123 Å². The van der Waals surface area contributed by atoms with Crippen molar-refractivity contribution in [3.8, 4) is 5.75 Å². The van der Waals surface area contributed by atoms with Gasteiger partial charge in [0.15, 0.2) is 9.84 Å². The third-order valence-electron chi connectivity index (χ3n) is 3.65. The van der Waals surface area contributed by atoms with Crippen molar-refractivity contribution in [2.75, 3.05) is 11.5 Å². The first-order valence-corrected chi connectivity index (χ1v) is 8.54. The smallest absolute Gasteiger partial charge is 0.387 e. The number of halogens is 2. The lowest BCUT2D eigenvalue weighted by Crippen LogP contribution is -2.44. The second-order valence-electron chi connectivity index (χ2n) is 5.72. The van der Waals surface area contributed by atoms with Crippen molar-refractivity contribution in [1.29, 1.82) is 0 Å². The molecule has 21 heavy (non-hydrogen) atoms. The molecule has 1 aliphatic heterocycles. The predicted octanol–water partition coefficient (Wildman–Crippen LogP) is 2.52. The molecule has 1 aromatic carbocycles. The van der Waals surface area contributed by atoms with Gasteiger partial charge in [0, 0.05) is 11.6 Å². The summed E-state index contributed by atoms with van der Waals surface area (Å²) < 4.78 is 52.0. The Morgan fingerprint density at radius 3 is 2.67 bits per heavy atom. The topological polar surface area (TPSA) is 55.4 Å². The zero-order valence-electron chi connectivity index (χ0n) is 12.0. The summed E-state index contributed by atoms with van der Waals surface area (Å²) in [5, 5.41) is 3.29. The number of benzene rings is 1. The van der Waals surface area contributed by atoms with Crippen LogP contribution in [0.3, 0.4) is 0 Å². The molecule has 1 saturated heterocycles. The SMILES string of the molecule is CC(NC1(C)CCS(=O)(=O)C1)c1cccc(OC(F)F)c1. The minimum absolute atomic E-state index is 0.0948. The van der Waals surface area contributed by atoms with Crippen LogP contribution in [0.2, 0.25) is 0 Å². The van der Waals surface area contributed by atoms with Crippen molar-refractivity contribution in [2.45, 2.75) is 38.5 Å². The van der Waals surface area contributed by atoms with Crippen LogP contribution in [-0.4, -0.2) is 32.1 Å². The molecule has 2 atom stereocenters. The van der Waals surface area contributed by atoms with Gasteiger partial charge >= 0.3 is 6.61 Å². The standard InChI is InChI=1S/C14H19F2NO3S/c1-10(17-14(2)6-7-21(18,19)9-14)11-4-3-5-12(8-11)20-13(15)16/h3-5,8,10,13,17H,6-7,9H2,1-2H3. The number of rotatable bonds is 5. The molecule has 1 fully saturated rings. The van der Waals surface area contributed by atoms with Crippen molar-refractivity contribution in [3.63, 3.8) is 0 Å². The highest BCUT2D eigenvalue weighted by Crippen LogP contribution is 2.28. The van der Waals surface area contributed by atoms with Crippen LogP contribution in [0.4, 0.5) is 8.78 Å². The third kappa shape index (κ3) is 4.38. The van der Waals surface area contributed by atoms with Crippen molar-refractivity contribution in [2.24, 2.45) is 0 Å². The van der Waals surface area contributed by atoms with E-state index in [1.165, 1.54) is 12.1 Å². The fraction of sp³-hybridized carbons (Fsp3) is 0.571. The molecule has 0 aliphatic carbocycles. The van der Waals surface area contributed by atoms with E-state index in [-0.39, 0.29) is 23.3 Å². The van der Waals surface area contributed by atoms with Crippen molar-refractivity contribution < 1.29 is 21.9 Å². The Bertz CT molecular complexity index is 606. The van der Waals surface area contributed by atoms with Gasteiger partial charge in [-0.15, -0.1) is 0 Å². The van der Waals surface area contributed by atoms with Gasteiger partial charge in [0.1, 0.15) is 5.75 Å². The Morgan fingerprint density at radius 2 is 2.10 bits per heavy atom. The minimum Gasteiger partial charge on any atom is -0.435 e. The lowest BCUT2D eigenvalue weighted by molar-refractivity contribution is -0.0499. The highest BCUT2D eigenvalue weighted by molar-refractivity contribution is 7.91. The molecule has 118 valence electrons. The van der Waals surface area contributed by atoms with Crippen molar-refractivity contribution in [1.82, 2.24) is 5.32 Å². The van der Waals surface area contributed by atoms with Crippen LogP contribution in [0.25, 0.3) is 0 Å². The number of nitrogens with one attached hydrogen (secondary N) is 1. The average molecular weight is 319 g/mol. The van der Waals surface area contributed by atoms with E-state index in [0.29, 0.717) is 6.42 Å². The number of ether oxygens (including phenoxy) is 1. The summed E-state index contributed by atoms with van der Waals surface area (Å²) in [5.41, 5.74) is 0.288. The van der Waals surface area contributed by atoms with E-state index in [4.69, 9.17) is 0 Å². The highest BCUT2D eigenvalue weighted by Gasteiger charge is 2.39. The Hall–Kier alpha value is -1.21. The molecule has 0 amide bonds. The van der Waals surface area contributed by atoms with E-state index in [0.717, 1.165) is 5.56 Å². The monoisotopic (exact) mass is 319 g/mol. The molecule has 1 aromatic rings. The summed E-state index contributed by atoms with van der Waals surface area (Å²) >= 11 is 0. The van der Waals surface area contributed by atoms with Crippen LogP contribution in [-0.2, 0) is 9.84 Å². The molecular formula is C14H19F2NO3S. The molecule has 1 aliphatic rings. The van der Waals surface area contributed by atoms with Gasteiger partial charge in [-0.25, -0.2) is 8.42 Å². The summed E-state index contributed by atoms with van der Waals surface area (Å²) in [7, 11) is -2.99. The second-order valence-corrected chi connectivity index (χ2v) is 7.90. The van der Waals surface area contributed by atoms with Gasteiger partial charge in [-0.05, 0) is 38.0 Å². The number of hydrogen-bond acceptors (Lipinski definition) is 4. The fourth-order valence-electron chi connectivity index (χ4n) is 2.69. The summed E-state index contributed by atoms with van der Waals surface area (Å²) in [6.07, 6.45) is 0.549. The van der Waals surface area contributed by atoms with Crippen molar-refractivity contribution in [3.05, 3.63) is 29.8 Å². The first-order chi connectivity index (χ1) is 9.69. The zero-order chi connectivity index (χ0) is 15.7. The van der Waals surface area contributed by atoms with E-state index >= 15 is 0 Å². The average Bonchev–Trinajstić information content (AvgIpc) is 2.62. The zero-order valence-corrected chi connectivity index (χ0v) is 12.8. The Kier molecular flexibility index (Phi) is 4.53. The van der Waals surface area contributed by atoms with Crippen molar-refractivity contribution >= 4 is 9.84 Å². The maximum Gasteiger partial charge on any atom is 0.387 e. The van der Waals surface area contributed by atoms with E-state index in [1.807, 2.05) is 13.8 Å². The second kappa shape index (κ2) is 5.88. The van der Waals surface area contributed by atoms with Crippen LogP contribution < -0.4 is 10.1 Å². The van der Waals surface area contributed by atoms with E-state index in [9.17, 15) is 17.2 Å². The van der Waals surface area contributed by atoms with Gasteiger partial charge < -0.3 is 10.1 Å². The minimum atomic E-state index is -2.99. The first-order valence-electron chi connectivity index (χ1n) is 6.72. The summed E-state index contributed by atoms with van der Waals surface area (Å²) in [4.78, 5) is 0. The van der Waals surface area contributed by atoms with E-state index in [2.05, 4.69) is 10.1 Å². The van der Waals surface area contributed by atoms with Gasteiger partial charge in [-0.1, -0.05) is 12.1 Å². The molecular weight excluding hydrogens is 300 g/mol. The van der Waals surface area contributed by atoms with Crippen LogP contribution in [0.5, 0.6) is 5.75 Å². The molecule has 0 aromatic heterocycles. The molecule has 1 heterocycles. The molecule has 1 N–H and O–H groups in total. The summed E-state index contributed by atoms with van der Waals surface area (Å²) in [5.74, 6) is 0.371. The maximum atomic E-state index is 12.2. The molecule has 0 bridgehead atoms. The first kappa shape index (κ1) is 16.2. The molecule has 7 heteroatoms. The van der Waals surface area contributed by atoms with Gasteiger partial charge in [0.25, 0.3) is 0 Å². The van der Waals surface area contributed by atoms with Crippen LogP contribution in [0, 0.1) is 0 Å². The van der Waals surface area contributed by atoms with E-state index in [1.54, 1.807) is 12.1 Å². The predicted molar refractivity (Wildman–Crippen MR) is 76.3 cm³/mol. The Morgan fingerprint density at radius 1 is 1.38 bits per heavy atom. The number of hydrogen-bond donors (Lipinski definition) is 1. The largest absolute Gasteiger partial charge is 0.435 e. The fourth-order valence-corrected chi connectivity index (χ4v) is 4.79. The molecule has 0 spiro atoms. The summed E-state index contributed by atoms with van der Waals surface area (Å²) in [6.45, 7) is 0.881. The van der Waals surface area contributed by atoms with Gasteiger partial charge in [-0.2, -0.15) is 8.78 Å². The number of alkyl halides is 2. The molecule has 0 radical (unpaired) electrons. The van der Waals surface area contributed by atoms with Gasteiger partial charge in [-0.3, -0.25) is 0 Å². The van der Waals surface area contributed by atoms with Crippen LogP contribution in [0.1, 0.15) is 31.9 Å². The molecule has 4 nitrogen and oxygen atoms in total. The quantitative estimate of drug-likeness (QED) is 0.906.